The molecule has 10 heteroatoms. The van der Waals surface area contributed by atoms with Gasteiger partial charge in [-0.05, 0) is 47.5 Å². The smallest absolute Gasteiger partial charge is 0.363 e. The number of azo groups is 1. The molecule has 4 aromatic carbocycles. The van der Waals surface area contributed by atoms with Crippen LogP contribution in [0.25, 0.3) is 0 Å². The van der Waals surface area contributed by atoms with Crippen LogP contribution in [0.5, 0.6) is 17.2 Å². The van der Waals surface area contributed by atoms with Gasteiger partial charge in [-0.2, -0.15) is 0 Å². The number of carbonyl (C=O) groups excluding carboxylic acids is 2. The molecule has 0 radical (unpaired) electrons. The minimum atomic E-state index is -2.01. The van der Waals surface area contributed by atoms with Gasteiger partial charge in [0, 0.05) is 0 Å². The van der Waals surface area contributed by atoms with E-state index in [1.54, 1.807) is 84.9 Å². The van der Waals surface area contributed by atoms with E-state index in [1.807, 2.05) is 0 Å². The average molecular weight is 542 g/mol. The van der Waals surface area contributed by atoms with E-state index in [1.165, 1.54) is 33.5 Å². The fourth-order valence-electron chi connectivity index (χ4n) is 3.91. The van der Waals surface area contributed by atoms with Crippen molar-refractivity contribution in [3.63, 3.8) is 0 Å². The molecule has 10 nitrogen and oxygen atoms in total. The van der Waals surface area contributed by atoms with Crippen LogP contribution in [0.1, 0.15) is 21.5 Å². The molecule has 0 unspecified atom stereocenters. The molecular formula is C30H27N3O7. The standard InChI is InChI=1S/C30H27N3O7/c1-37-25-18-20(19-26(38-2)27(25)39-3)28(34)40-33-24-16-14-23(15-17-24)31-32-29(35)30(36,21-10-6-4-7-11-21)22-12-8-5-9-13-22/h4-19,33,36H,1-3H3. The van der Waals surface area contributed by atoms with Crippen molar-refractivity contribution in [1.29, 1.82) is 0 Å². The van der Waals surface area contributed by atoms with Gasteiger partial charge in [0.2, 0.25) is 5.75 Å². The largest absolute Gasteiger partial charge is 0.493 e. The number of methoxy groups -OCH3 is 3. The van der Waals surface area contributed by atoms with Crippen molar-refractivity contribution in [2.75, 3.05) is 26.8 Å². The molecule has 4 aromatic rings. The number of hydrogen-bond donors (Lipinski definition) is 2. The molecule has 0 atom stereocenters. The lowest BCUT2D eigenvalue weighted by Crippen LogP contribution is -2.35. The first kappa shape index (κ1) is 27.8. The van der Waals surface area contributed by atoms with Crippen LogP contribution in [0.3, 0.4) is 0 Å². The van der Waals surface area contributed by atoms with Crippen molar-refractivity contribution in [1.82, 2.24) is 0 Å². The molecule has 4 rings (SSSR count). The van der Waals surface area contributed by atoms with Crippen LogP contribution in [0.4, 0.5) is 11.4 Å². The highest BCUT2D eigenvalue weighted by atomic mass is 16.7. The summed E-state index contributed by atoms with van der Waals surface area (Å²) in [5.41, 5.74) is 2.27. The predicted molar refractivity (Wildman–Crippen MR) is 147 cm³/mol. The van der Waals surface area contributed by atoms with Gasteiger partial charge in [0.25, 0.3) is 0 Å². The Bertz CT molecular complexity index is 1430. The van der Waals surface area contributed by atoms with Crippen LogP contribution in [-0.2, 0) is 15.2 Å². The highest BCUT2D eigenvalue weighted by Crippen LogP contribution is 2.38. The molecule has 0 saturated carbocycles. The summed E-state index contributed by atoms with van der Waals surface area (Å²) in [6.07, 6.45) is 0. The first-order valence-corrected chi connectivity index (χ1v) is 12.1. The van der Waals surface area contributed by atoms with E-state index in [2.05, 4.69) is 15.7 Å². The second-order valence-electron chi connectivity index (χ2n) is 8.40. The SMILES string of the molecule is COc1cc(C(=O)ONc2ccc(N=NC(=O)C(O)(c3ccccc3)c3ccccc3)cc2)cc(OC)c1OC. The molecule has 1 amide bonds. The molecule has 204 valence electrons. The number of amides is 1. The summed E-state index contributed by atoms with van der Waals surface area (Å²) in [5.74, 6) is -0.557. The predicted octanol–water partition coefficient (Wildman–Crippen LogP) is 5.44. The lowest BCUT2D eigenvalue weighted by atomic mass is 9.86. The van der Waals surface area contributed by atoms with Gasteiger partial charge in [0.05, 0.1) is 38.3 Å². The van der Waals surface area contributed by atoms with Gasteiger partial charge in [-0.3, -0.25) is 4.79 Å². The molecule has 0 aliphatic rings. The lowest BCUT2D eigenvalue weighted by Gasteiger charge is -2.25. The van der Waals surface area contributed by atoms with E-state index in [-0.39, 0.29) is 5.56 Å². The van der Waals surface area contributed by atoms with Crippen molar-refractivity contribution in [3.8, 4) is 17.2 Å². The summed E-state index contributed by atoms with van der Waals surface area (Å²) >= 11 is 0. The lowest BCUT2D eigenvalue weighted by molar-refractivity contribution is -0.133. The zero-order valence-corrected chi connectivity index (χ0v) is 22.0. The van der Waals surface area contributed by atoms with Gasteiger partial charge < -0.3 is 24.2 Å². The van der Waals surface area contributed by atoms with Gasteiger partial charge in [-0.15, -0.1) is 10.2 Å². The Morgan fingerprint density at radius 1 is 0.750 bits per heavy atom. The molecule has 0 saturated heterocycles. The number of nitrogens with one attached hydrogen (secondary N) is 1. The molecule has 40 heavy (non-hydrogen) atoms. The van der Waals surface area contributed by atoms with Crippen LogP contribution in [0.2, 0.25) is 0 Å². The minimum Gasteiger partial charge on any atom is -0.493 e. The van der Waals surface area contributed by atoms with Crippen LogP contribution in [-0.4, -0.2) is 38.3 Å². The van der Waals surface area contributed by atoms with E-state index in [9.17, 15) is 14.7 Å². The van der Waals surface area contributed by atoms with Gasteiger partial charge in [0.15, 0.2) is 17.1 Å². The van der Waals surface area contributed by atoms with Crippen molar-refractivity contribution in [3.05, 3.63) is 114 Å². The van der Waals surface area contributed by atoms with Gasteiger partial charge in [-0.25, -0.2) is 10.3 Å². The number of benzene rings is 4. The summed E-state index contributed by atoms with van der Waals surface area (Å²) in [4.78, 5) is 30.9. The third-order valence-electron chi connectivity index (χ3n) is 5.98. The van der Waals surface area contributed by atoms with Gasteiger partial charge >= 0.3 is 11.9 Å². The van der Waals surface area contributed by atoms with E-state index in [0.29, 0.717) is 39.8 Å². The Balaban J connectivity index is 1.45. The second-order valence-corrected chi connectivity index (χ2v) is 8.40. The highest BCUT2D eigenvalue weighted by molar-refractivity contribution is 5.92. The molecule has 0 spiro atoms. The second kappa shape index (κ2) is 12.5. The zero-order valence-electron chi connectivity index (χ0n) is 22.0. The maximum Gasteiger partial charge on any atom is 0.363 e. The van der Waals surface area contributed by atoms with E-state index < -0.39 is 17.5 Å². The fourth-order valence-corrected chi connectivity index (χ4v) is 3.91. The Labute approximate surface area is 230 Å². The average Bonchev–Trinajstić information content (AvgIpc) is 3.02. The van der Waals surface area contributed by atoms with Gasteiger partial charge in [0.1, 0.15) is 0 Å². The summed E-state index contributed by atoms with van der Waals surface area (Å²) in [7, 11) is 4.35. The molecule has 0 aromatic heterocycles. The molecule has 0 fully saturated rings. The van der Waals surface area contributed by atoms with Crippen LogP contribution < -0.4 is 19.7 Å². The summed E-state index contributed by atoms with van der Waals surface area (Å²) in [5, 5.41) is 19.3. The summed E-state index contributed by atoms with van der Waals surface area (Å²) in [6, 6.07) is 26.4. The normalized spacial score (nSPS) is 11.1. The molecule has 0 bridgehead atoms. The maximum atomic E-state index is 13.1. The third-order valence-corrected chi connectivity index (χ3v) is 5.98. The molecular weight excluding hydrogens is 514 g/mol. The summed E-state index contributed by atoms with van der Waals surface area (Å²) in [6.45, 7) is 0. The van der Waals surface area contributed by atoms with Gasteiger partial charge in [-0.1, -0.05) is 60.7 Å². The number of hydrogen-bond acceptors (Lipinski definition) is 9. The third kappa shape index (κ3) is 5.92. The zero-order chi connectivity index (χ0) is 28.5. The Hall–Kier alpha value is -5.22. The molecule has 0 aliphatic heterocycles. The molecule has 0 heterocycles. The first-order chi connectivity index (χ1) is 19.4. The van der Waals surface area contributed by atoms with Crippen LogP contribution >= 0.6 is 0 Å². The van der Waals surface area contributed by atoms with Crippen LogP contribution in [0.15, 0.2) is 107 Å². The molecule has 0 aliphatic carbocycles. The Morgan fingerprint density at radius 3 is 1.75 bits per heavy atom. The number of ether oxygens (including phenoxy) is 3. The fraction of sp³-hybridized carbons (Fsp3) is 0.133. The van der Waals surface area contributed by atoms with E-state index >= 15 is 0 Å². The first-order valence-electron chi connectivity index (χ1n) is 12.1. The van der Waals surface area contributed by atoms with Crippen LogP contribution in [0, 0.1) is 0 Å². The number of nitrogens with zero attached hydrogens (tertiary/aromatic N) is 2. The number of carbonyl (C=O) groups is 2. The minimum absolute atomic E-state index is 0.176. The maximum absolute atomic E-state index is 13.1. The Morgan fingerprint density at radius 2 is 1.27 bits per heavy atom. The van der Waals surface area contributed by atoms with E-state index in [4.69, 9.17) is 19.0 Å². The summed E-state index contributed by atoms with van der Waals surface area (Å²) < 4.78 is 15.8. The monoisotopic (exact) mass is 541 g/mol. The number of aliphatic hydroxyl groups is 1. The van der Waals surface area contributed by atoms with E-state index in [0.717, 1.165) is 0 Å². The van der Waals surface area contributed by atoms with Crippen molar-refractivity contribution in [2.24, 2.45) is 10.2 Å². The van der Waals surface area contributed by atoms with Crippen molar-refractivity contribution in [2.45, 2.75) is 5.60 Å². The number of anilines is 1. The molecule has 2 N–H and O–H groups in total. The topological polar surface area (TPSA) is 128 Å². The number of rotatable bonds is 10. The highest BCUT2D eigenvalue weighted by Gasteiger charge is 2.40. The Kier molecular flexibility index (Phi) is 8.72. The van der Waals surface area contributed by atoms with Crippen molar-refractivity contribution >= 4 is 23.3 Å². The van der Waals surface area contributed by atoms with Crippen molar-refractivity contribution < 1.29 is 33.7 Å². The quantitative estimate of drug-likeness (QED) is 0.201.